The number of aryl methyl sites for hydroxylation is 2. The maximum Gasteiger partial charge on any atom is 0.0409 e. The van der Waals surface area contributed by atoms with E-state index in [1.807, 2.05) is 23.9 Å². The van der Waals surface area contributed by atoms with Crippen LogP contribution in [0, 0.1) is 0 Å². The normalized spacial score (nSPS) is 13.5. The molecule has 0 fully saturated rings. The van der Waals surface area contributed by atoms with Gasteiger partial charge in [-0.2, -0.15) is 0 Å². The largest absolute Gasteiger partial charge is 0.330 e. The molecule has 0 aliphatic heterocycles. The number of hydrogen-bond acceptors (Lipinski definition) is 2. The summed E-state index contributed by atoms with van der Waals surface area (Å²) in [6.45, 7) is 0.651. The molecular formula is C17H18ClNS. The molecule has 0 atom stereocenters. The van der Waals surface area contributed by atoms with Gasteiger partial charge >= 0.3 is 0 Å². The van der Waals surface area contributed by atoms with Crippen molar-refractivity contribution in [3.8, 4) is 0 Å². The van der Waals surface area contributed by atoms with Gasteiger partial charge in [0.25, 0.3) is 0 Å². The Balaban J connectivity index is 1.87. The van der Waals surface area contributed by atoms with Crippen LogP contribution in [0.4, 0.5) is 0 Å². The monoisotopic (exact) mass is 303 g/mol. The second-order valence-electron chi connectivity index (χ2n) is 5.18. The van der Waals surface area contributed by atoms with Gasteiger partial charge in [-0.05, 0) is 79.3 Å². The molecule has 2 aromatic rings. The molecule has 0 saturated carbocycles. The Morgan fingerprint density at radius 2 is 1.90 bits per heavy atom. The lowest BCUT2D eigenvalue weighted by Crippen LogP contribution is -2.03. The number of benzene rings is 2. The number of nitrogens with two attached hydrogens (primary N) is 1. The van der Waals surface area contributed by atoms with Gasteiger partial charge in [0, 0.05) is 14.8 Å². The summed E-state index contributed by atoms with van der Waals surface area (Å²) in [5, 5.41) is 0.784. The van der Waals surface area contributed by atoms with Crippen molar-refractivity contribution in [3.63, 3.8) is 0 Å². The molecule has 3 heteroatoms. The molecule has 1 aliphatic rings. The number of fused-ring (bicyclic) bond motifs is 1. The van der Waals surface area contributed by atoms with Gasteiger partial charge in [-0.25, -0.2) is 0 Å². The molecule has 0 radical (unpaired) electrons. The van der Waals surface area contributed by atoms with Crippen LogP contribution in [0.25, 0.3) is 0 Å². The van der Waals surface area contributed by atoms with Crippen molar-refractivity contribution >= 4 is 23.4 Å². The SMILES string of the molecule is NCCc1cc(Cl)ccc1Sc1ccc2c(c1)CCC2. The maximum absolute atomic E-state index is 6.08. The Hall–Kier alpha value is -0.960. The second-order valence-corrected chi connectivity index (χ2v) is 6.73. The minimum Gasteiger partial charge on any atom is -0.330 e. The van der Waals surface area contributed by atoms with Gasteiger partial charge in [0.05, 0.1) is 0 Å². The Morgan fingerprint density at radius 1 is 1.05 bits per heavy atom. The third kappa shape index (κ3) is 3.03. The molecule has 1 nitrogen and oxygen atoms in total. The molecule has 20 heavy (non-hydrogen) atoms. The highest BCUT2D eigenvalue weighted by Crippen LogP contribution is 2.34. The van der Waals surface area contributed by atoms with Crippen LogP contribution in [0.3, 0.4) is 0 Å². The standard InChI is InChI=1S/C17H18ClNS/c18-15-5-7-17(14(10-15)8-9-19)20-16-6-4-12-2-1-3-13(12)11-16/h4-7,10-11H,1-3,8-9,19H2. The molecule has 0 saturated heterocycles. The summed E-state index contributed by atoms with van der Waals surface area (Å²) in [6.07, 6.45) is 4.62. The molecule has 0 aromatic heterocycles. The molecule has 0 amide bonds. The van der Waals surface area contributed by atoms with E-state index in [2.05, 4.69) is 24.3 Å². The van der Waals surface area contributed by atoms with E-state index in [0.717, 1.165) is 11.4 Å². The van der Waals surface area contributed by atoms with Crippen LogP contribution in [0.5, 0.6) is 0 Å². The van der Waals surface area contributed by atoms with E-state index in [0.29, 0.717) is 6.54 Å². The molecule has 2 N–H and O–H groups in total. The van der Waals surface area contributed by atoms with Gasteiger partial charge < -0.3 is 5.73 Å². The van der Waals surface area contributed by atoms with E-state index >= 15 is 0 Å². The summed E-state index contributed by atoms with van der Waals surface area (Å²) in [5.74, 6) is 0. The first-order chi connectivity index (χ1) is 9.76. The van der Waals surface area contributed by atoms with E-state index in [4.69, 9.17) is 17.3 Å². The van der Waals surface area contributed by atoms with E-state index in [9.17, 15) is 0 Å². The van der Waals surface area contributed by atoms with Crippen LogP contribution in [-0.2, 0) is 19.3 Å². The fourth-order valence-electron chi connectivity index (χ4n) is 2.74. The lowest BCUT2D eigenvalue weighted by molar-refractivity contribution is 0.911. The average molecular weight is 304 g/mol. The Kier molecular flexibility index (Phi) is 4.35. The maximum atomic E-state index is 6.08. The van der Waals surface area contributed by atoms with E-state index in [1.54, 1.807) is 0 Å². The van der Waals surface area contributed by atoms with Gasteiger partial charge in [-0.15, -0.1) is 0 Å². The third-order valence-corrected chi connectivity index (χ3v) is 5.08. The number of hydrogen-bond donors (Lipinski definition) is 1. The second kappa shape index (κ2) is 6.21. The summed E-state index contributed by atoms with van der Waals surface area (Å²) in [4.78, 5) is 2.57. The first-order valence-electron chi connectivity index (χ1n) is 7.04. The van der Waals surface area contributed by atoms with Crippen molar-refractivity contribution in [2.75, 3.05) is 6.54 Å². The zero-order valence-corrected chi connectivity index (χ0v) is 12.9. The highest BCUT2D eigenvalue weighted by atomic mass is 35.5. The predicted octanol–water partition coefficient (Wildman–Crippen LogP) is 4.48. The lowest BCUT2D eigenvalue weighted by atomic mass is 10.1. The predicted molar refractivity (Wildman–Crippen MR) is 86.8 cm³/mol. The summed E-state index contributed by atoms with van der Waals surface area (Å²) in [6, 6.07) is 12.9. The summed E-state index contributed by atoms with van der Waals surface area (Å²) in [5.41, 5.74) is 9.97. The molecule has 104 valence electrons. The fraction of sp³-hybridized carbons (Fsp3) is 0.294. The zero-order chi connectivity index (χ0) is 13.9. The summed E-state index contributed by atoms with van der Waals surface area (Å²) < 4.78 is 0. The Bertz CT molecular complexity index is 624. The molecule has 0 unspecified atom stereocenters. The van der Waals surface area contributed by atoms with Crippen LogP contribution < -0.4 is 5.73 Å². The highest BCUT2D eigenvalue weighted by molar-refractivity contribution is 7.99. The van der Waals surface area contributed by atoms with Crippen LogP contribution >= 0.6 is 23.4 Å². The first kappa shape index (κ1) is 14.0. The third-order valence-electron chi connectivity index (χ3n) is 3.73. The minimum atomic E-state index is 0.651. The van der Waals surface area contributed by atoms with Crippen LogP contribution in [0.15, 0.2) is 46.2 Å². The molecule has 2 aromatic carbocycles. The fourth-order valence-corrected chi connectivity index (χ4v) is 3.95. The molecule has 0 bridgehead atoms. The van der Waals surface area contributed by atoms with Crippen molar-refractivity contribution < 1.29 is 0 Å². The number of halogens is 1. The summed E-state index contributed by atoms with van der Waals surface area (Å²) >= 11 is 7.90. The van der Waals surface area contributed by atoms with Crippen molar-refractivity contribution in [2.45, 2.75) is 35.5 Å². The van der Waals surface area contributed by atoms with Crippen molar-refractivity contribution in [1.82, 2.24) is 0 Å². The van der Waals surface area contributed by atoms with Gasteiger partial charge in [-0.3, -0.25) is 0 Å². The smallest absolute Gasteiger partial charge is 0.0409 e. The topological polar surface area (TPSA) is 26.0 Å². The highest BCUT2D eigenvalue weighted by Gasteiger charge is 2.12. The van der Waals surface area contributed by atoms with Gasteiger partial charge in [0.2, 0.25) is 0 Å². The van der Waals surface area contributed by atoms with Gasteiger partial charge in [0.1, 0.15) is 0 Å². The number of rotatable bonds is 4. The Morgan fingerprint density at radius 3 is 2.75 bits per heavy atom. The first-order valence-corrected chi connectivity index (χ1v) is 8.24. The lowest BCUT2D eigenvalue weighted by Gasteiger charge is -2.10. The van der Waals surface area contributed by atoms with Crippen molar-refractivity contribution in [1.29, 1.82) is 0 Å². The molecule has 0 spiro atoms. The molecule has 1 aliphatic carbocycles. The average Bonchev–Trinajstić information content (AvgIpc) is 2.89. The van der Waals surface area contributed by atoms with Crippen LogP contribution in [-0.4, -0.2) is 6.54 Å². The Labute approximate surface area is 129 Å². The van der Waals surface area contributed by atoms with Gasteiger partial charge in [0.15, 0.2) is 0 Å². The minimum absolute atomic E-state index is 0.651. The van der Waals surface area contributed by atoms with Crippen molar-refractivity contribution in [3.05, 3.63) is 58.1 Å². The van der Waals surface area contributed by atoms with Crippen molar-refractivity contribution in [2.24, 2.45) is 5.73 Å². The van der Waals surface area contributed by atoms with E-state index in [-0.39, 0.29) is 0 Å². The quantitative estimate of drug-likeness (QED) is 0.901. The van der Waals surface area contributed by atoms with Gasteiger partial charge in [-0.1, -0.05) is 29.4 Å². The molecule has 3 rings (SSSR count). The van der Waals surface area contributed by atoms with E-state index < -0.39 is 0 Å². The summed E-state index contributed by atoms with van der Waals surface area (Å²) in [7, 11) is 0. The molecular weight excluding hydrogens is 286 g/mol. The van der Waals surface area contributed by atoms with Crippen LogP contribution in [0.1, 0.15) is 23.1 Å². The zero-order valence-electron chi connectivity index (χ0n) is 11.4. The molecule has 0 heterocycles. The van der Waals surface area contributed by atoms with E-state index in [1.165, 1.54) is 45.7 Å². The van der Waals surface area contributed by atoms with Crippen LogP contribution in [0.2, 0.25) is 5.02 Å².